The highest BCUT2D eigenvalue weighted by molar-refractivity contribution is 7.85. The van der Waals surface area contributed by atoms with Crippen molar-refractivity contribution in [3.63, 3.8) is 0 Å². The number of amides is 3. The van der Waals surface area contributed by atoms with Crippen molar-refractivity contribution in [2.24, 2.45) is 34.5 Å². The summed E-state index contributed by atoms with van der Waals surface area (Å²) in [5.41, 5.74) is 1.20. The fourth-order valence-corrected chi connectivity index (χ4v) is 15.6. The van der Waals surface area contributed by atoms with Crippen LogP contribution >= 0.6 is 0 Å². The minimum atomic E-state index is -3.67. The van der Waals surface area contributed by atoms with Crippen molar-refractivity contribution in [1.29, 1.82) is 0 Å². The number of aromatic amines is 1. The maximum Gasteiger partial charge on any atom is 0.280 e. The number of H-pyrrole nitrogens is 1. The molecule has 74 heavy (non-hydrogen) atoms. The largest absolute Gasteiger partial charge is 0.393 e. The normalized spacial score (nSPS) is 38.8. The molecule has 4 saturated heterocycles. The number of carbonyl (C=O) groups excluding carboxylic acids is 5. The first-order chi connectivity index (χ1) is 34.8. The van der Waals surface area contributed by atoms with Crippen LogP contribution in [-0.4, -0.2) is 157 Å². The molecule has 12 rings (SSSR count). The number of piperidine rings is 1. The topological polar surface area (TPSA) is 267 Å². The summed E-state index contributed by atoms with van der Waals surface area (Å²) in [5.74, 6) is -3.54. The minimum absolute atomic E-state index is 0.00912. The highest BCUT2D eigenvalue weighted by Gasteiger charge is 2.71. The van der Waals surface area contributed by atoms with Gasteiger partial charge in [-0.2, -0.15) is 8.42 Å². The molecule has 0 radical (unpaired) electrons. The van der Waals surface area contributed by atoms with Gasteiger partial charge in [-0.25, -0.2) is 0 Å². The zero-order chi connectivity index (χ0) is 53.1. The number of Topliss-reactive ketones (excluding diaryl/α,β-unsaturated/α-hetero) is 1. The van der Waals surface area contributed by atoms with E-state index in [-0.39, 0.29) is 65.1 Å². The number of aromatic nitrogens is 1. The Kier molecular flexibility index (Phi) is 13.1. The Morgan fingerprint density at radius 1 is 1.00 bits per heavy atom. The Hall–Kier alpha value is -5.12. The van der Waals surface area contributed by atoms with Crippen LogP contribution in [0.1, 0.15) is 94.7 Å². The molecule has 5 aliphatic carbocycles. The van der Waals surface area contributed by atoms with E-state index in [0.717, 1.165) is 42.3 Å². The molecule has 2 aromatic carbocycles. The van der Waals surface area contributed by atoms with Gasteiger partial charge in [-0.05, 0) is 119 Å². The zero-order valence-electron chi connectivity index (χ0n) is 42.6. The Labute approximate surface area is 430 Å². The molecule has 18 nitrogen and oxygen atoms in total. The van der Waals surface area contributed by atoms with E-state index in [2.05, 4.69) is 53.6 Å². The number of aliphatic hydroxyl groups is 4. The number of benzene rings is 2. The van der Waals surface area contributed by atoms with Crippen molar-refractivity contribution in [1.82, 2.24) is 25.0 Å². The van der Waals surface area contributed by atoms with Crippen LogP contribution in [0.15, 0.2) is 78.5 Å². The second-order valence-electron chi connectivity index (χ2n) is 23.1. The molecule has 4 aliphatic heterocycles. The van der Waals surface area contributed by atoms with Crippen LogP contribution in [0.2, 0.25) is 0 Å². The number of likely N-dealkylation sites (N-methyl/N-ethyl adjacent to an activating group) is 1. The van der Waals surface area contributed by atoms with Crippen molar-refractivity contribution in [2.45, 2.75) is 132 Å². The van der Waals surface area contributed by atoms with E-state index >= 15 is 0 Å². The van der Waals surface area contributed by atoms with Gasteiger partial charge in [0.25, 0.3) is 21.9 Å². The Morgan fingerprint density at radius 3 is 2.45 bits per heavy atom. The number of hydrogen-bond acceptors (Lipinski definition) is 13. The number of fused-ring (bicyclic) bond motifs is 10. The number of ketones is 2. The summed E-state index contributed by atoms with van der Waals surface area (Å²) >= 11 is 0. The highest BCUT2D eigenvalue weighted by atomic mass is 32.2. The molecule has 3 amide bonds. The van der Waals surface area contributed by atoms with Gasteiger partial charge in [-0.1, -0.05) is 68.0 Å². The third-order valence-electron chi connectivity index (χ3n) is 18.9. The molecule has 1 aromatic heterocycles. The summed E-state index contributed by atoms with van der Waals surface area (Å²) in [4.78, 5) is 74.6. The highest BCUT2D eigenvalue weighted by Crippen LogP contribution is 2.67. The number of nitrogens with one attached hydrogen (secondary N) is 2. The van der Waals surface area contributed by atoms with Crippen LogP contribution in [-0.2, 0) is 51.7 Å². The summed E-state index contributed by atoms with van der Waals surface area (Å²) in [5, 5.41) is 47.9. The zero-order valence-corrected chi connectivity index (χ0v) is 43.4. The van der Waals surface area contributed by atoms with Gasteiger partial charge in [0.1, 0.15) is 24.3 Å². The molecule has 3 saturated carbocycles. The first-order valence-corrected chi connectivity index (χ1v) is 27.8. The molecule has 7 N–H and O–H groups in total. The molecule has 0 unspecified atom stereocenters. The van der Waals surface area contributed by atoms with Crippen molar-refractivity contribution < 1.29 is 62.1 Å². The second kappa shape index (κ2) is 18.6. The van der Waals surface area contributed by atoms with Gasteiger partial charge in [0.15, 0.2) is 11.6 Å². The van der Waals surface area contributed by atoms with Gasteiger partial charge in [-0.15, -0.1) is 0 Å². The van der Waals surface area contributed by atoms with Gasteiger partial charge < -0.3 is 40.5 Å². The predicted molar refractivity (Wildman–Crippen MR) is 270 cm³/mol. The number of piperazine rings is 1. The Bertz CT molecular complexity index is 2960. The molecule has 3 aromatic rings. The third kappa shape index (κ3) is 8.40. The summed E-state index contributed by atoms with van der Waals surface area (Å²) < 4.78 is 32.1. The average molecular weight is 1040 g/mol. The summed E-state index contributed by atoms with van der Waals surface area (Å²) in [6.07, 6.45) is 13.5. The number of rotatable bonds is 6. The van der Waals surface area contributed by atoms with Crippen LogP contribution in [0.25, 0.3) is 10.9 Å². The van der Waals surface area contributed by atoms with Crippen LogP contribution in [0.5, 0.6) is 0 Å². The van der Waals surface area contributed by atoms with E-state index in [1.54, 1.807) is 17.1 Å². The van der Waals surface area contributed by atoms with Gasteiger partial charge in [0, 0.05) is 65.3 Å². The first kappa shape index (κ1) is 52.3. The number of ether oxygens (including phenoxy) is 1. The molecular weight excluding hydrogens is 971 g/mol. The lowest BCUT2D eigenvalue weighted by Gasteiger charge is -2.59. The van der Waals surface area contributed by atoms with E-state index in [1.807, 2.05) is 43.3 Å². The fraction of sp³-hybridized carbons (Fsp3) is 0.582. The number of hydrogen-bond donors (Lipinski definition) is 7. The van der Waals surface area contributed by atoms with Crippen molar-refractivity contribution in [3.05, 3.63) is 95.2 Å². The quantitative estimate of drug-likeness (QED) is 0.175. The van der Waals surface area contributed by atoms with Crippen LogP contribution in [0.4, 0.5) is 0 Å². The predicted octanol–water partition coefficient (Wildman–Crippen LogP) is 3.14. The molecule has 19 heteroatoms. The lowest BCUT2D eigenvalue weighted by atomic mass is 9.46. The standard InChI is InChI=1S/C33H37N5O5.C21H28O5.CH4O3S/c1-32(35-29(39)21-15-23-22-10-6-11-24-28(22)20(17-34-24)16-25(23)36(2)18-21)31(41)38-26(14-19-8-4-3-5-9-19)30(40)37-13-7-12-27(37)33(38,42)43-32;1-19-7-5-13(23)9-12(19)3-4-14-15-6-8-21(26,17(25)11-22)20(15,2)10-16(24)18(14)19;1-5(2,3)4/h3-6,8-11,17,21,23,25-27,34,42H,7,12-16,18H2,1-2H3,(H,35,39);5,7,9,14-16,18,22,24,26H,3-4,6,8,10-11H2,1-2H3;1H3,(H,2,3,4)/t21-,23-,25-,26+,27+,32-,33+;14-,15-,16-,18+,19-,20-,21-;/m10./s1. The second-order valence-corrected chi connectivity index (χ2v) is 24.6. The SMILES string of the molecule is CN1C[C@H](C(=O)N[C@]2(C)O[C@@]3(O)[C@@H]4CCCN4C(=O)[C@H](Cc4ccccc4)N3C2=O)C[C@@H]2c3cccc4[nH]cc(c34)C[C@H]21.CS(=O)(=O)O.C[C@]12C=CC(=O)C=C1CC[C@@H]1[C@@H]2[C@@H](O)C[C@@]2(C)[C@H]1CC[C@]2(O)C(=O)CO. The van der Waals surface area contributed by atoms with E-state index in [9.17, 15) is 52.8 Å². The Morgan fingerprint density at radius 2 is 1.73 bits per heavy atom. The molecular formula is C55H69N5O13S. The van der Waals surface area contributed by atoms with Crippen molar-refractivity contribution >= 4 is 50.3 Å². The Balaban J connectivity index is 0.000000172. The van der Waals surface area contributed by atoms with Gasteiger partial charge in [0.05, 0.1) is 18.3 Å². The van der Waals surface area contributed by atoms with Crippen molar-refractivity contribution in [2.75, 3.05) is 33.0 Å². The number of carbonyl (C=O) groups is 5. The molecule has 398 valence electrons. The van der Waals surface area contributed by atoms with Crippen LogP contribution < -0.4 is 5.32 Å². The summed E-state index contributed by atoms with van der Waals surface area (Å²) in [6, 6.07) is 14.4. The number of nitrogens with zero attached hydrogens (tertiary/aromatic N) is 3. The lowest BCUT2D eigenvalue weighted by Crippen LogP contribution is -2.71. The van der Waals surface area contributed by atoms with Gasteiger partial charge >= 0.3 is 0 Å². The number of aliphatic hydroxyl groups excluding tert-OH is 2. The molecule has 0 bridgehead atoms. The van der Waals surface area contributed by atoms with Gasteiger partial charge in [0.2, 0.25) is 17.5 Å². The smallest absolute Gasteiger partial charge is 0.280 e. The minimum Gasteiger partial charge on any atom is -0.393 e. The molecule has 7 fully saturated rings. The summed E-state index contributed by atoms with van der Waals surface area (Å²) in [7, 11) is -1.61. The average Bonchev–Trinajstić information content (AvgIpc) is 4.12. The van der Waals surface area contributed by atoms with E-state index in [4.69, 9.17) is 9.29 Å². The monoisotopic (exact) mass is 1040 g/mol. The molecule has 5 heterocycles. The van der Waals surface area contributed by atoms with Crippen molar-refractivity contribution in [3.8, 4) is 0 Å². The maximum absolute atomic E-state index is 14.2. The summed E-state index contributed by atoms with van der Waals surface area (Å²) in [6.45, 7) is 5.90. The van der Waals surface area contributed by atoms with Crippen LogP contribution in [0, 0.1) is 34.5 Å². The van der Waals surface area contributed by atoms with E-state index in [1.165, 1.54) is 28.3 Å². The number of allylic oxidation sites excluding steroid dienone is 4. The molecule has 0 spiro atoms. The number of likely N-dealkylation sites (tertiary alicyclic amines) is 1. The third-order valence-corrected chi connectivity index (χ3v) is 18.9. The van der Waals surface area contributed by atoms with E-state index < -0.39 is 69.3 Å². The fourth-order valence-electron chi connectivity index (χ4n) is 15.6. The molecule has 14 atom stereocenters. The lowest BCUT2D eigenvalue weighted by molar-refractivity contribution is -0.315. The maximum atomic E-state index is 14.2. The van der Waals surface area contributed by atoms with Gasteiger partial charge in [-0.3, -0.25) is 38.2 Å². The first-order valence-electron chi connectivity index (χ1n) is 26.0. The molecule has 9 aliphatic rings. The van der Waals surface area contributed by atoms with Crippen LogP contribution in [0.3, 0.4) is 0 Å². The van der Waals surface area contributed by atoms with E-state index in [0.29, 0.717) is 51.4 Å².